The van der Waals surface area contributed by atoms with Crippen LogP contribution in [0.2, 0.25) is 0 Å². The quantitative estimate of drug-likeness (QED) is 0.771. The molecule has 1 N–H and O–H groups in total. The number of rotatable bonds is 5. The van der Waals surface area contributed by atoms with Crippen molar-refractivity contribution >= 4 is 49.1 Å². The van der Waals surface area contributed by atoms with E-state index in [1.807, 2.05) is 29.9 Å². The summed E-state index contributed by atoms with van der Waals surface area (Å²) in [6.07, 6.45) is 2.81. The number of nitrogens with zero attached hydrogens (tertiary/aromatic N) is 2. The summed E-state index contributed by atoms with van der Waals surface area (Å²) < 4.78 is 3.74. The van der Waals surface area contributed by atoms with Gasteiger partial charge >= 0.3 is 0 Å². The Balaban J connectivity index is 1.75. The molecule has 0 saturated carbocycles. The molecule has 0 aliphatic carbocycles. The Kier molecular flexibility index (Phi) is 5.18. The highest BCUT2D eigenvalue weighted by Gasteiger charge is 2.11. The Morgan fingerprint density at radius 2 is 2.32 bits per heavy atom. The second-order valence-corrected chi connectivity index (χ2v) is 7.29. The highest BCUT2D eigenvalue weighted by atomic mass is 79.9. The molecule has 0 atom stereocenters. The Hall–Kier alpha value is -0.660. The predicted octanol–water partition coefficient (Wildman–Crippen LogP) is 3.60. The normalized spacial score (nSPS) is 10.7. The first-order chi connectivity index (χ1) is 9.06. The summed E-state index contributed by atoms with van der Waals surface area (Å²) in [5, 5.41) is 7.20. The molecular weight excluding hydrogens is 394 g/mol. The van der Waals surface area contributed by atoms with Crippen molar-refractivity contribution in [3.8, 4) is 0 Å². The average molecular weight is 407 g/mol. The molecule has 2 aromatic heterocycles. The SMILES string of the molecule is Cc1ccn(CCCNC(=O)c2cc(Br)c(Br)s2)n1. The molecule has 2 rings (SSSR count). The van der Waals surface area contributed by atoms with Crippen LogP contribution in [0.4, 0.5) is 0 Å². The number of halogens is 2. The van der Waals surface area contributed by atoms with Gasteiger partial charge in [-0.3, -0.25) is 9.48 Å². The summed E-state index contributed by atoms with van der Waals surface area (Å²) in [6, 6.07) is 3.79. The van der Waals surface area contributed by atoms with Crippen molar-refractivity contribution in [1.82, 2.24) is 15.1 Å². The number of nitrogens with one attached hydrogen (secondary N) is 1. The smallest absolute Gasteiger partial charge is 0.261 e. The van der Waals surface area contributed by atoms with Crippen LogP contribution in [-0.2, 0) is 6.54 Å². The van der Waals surface area contributed by atoms with Crippen LogP contribution in [0.5, 0.6) is 0 Å². The molecule has 2 heterocycles. The van der Waals surface area contributed by atoms with Crippen LogP contribution in [0.25, 0.3) is 0 Å². The first-order valence-corrected chi connectivity index (χ1v) is 8.19. The maximum absolute atomic E-state index is 11.9. The Morgan fingerprint density at radius 1 is 1.53 bits per heavy atom. The molecule has 0 radical (unpaired) electrons. The lowest BCUT2D eigenvalue weighted by atomic mass is 10.4. The maximum Gasteiger partial charge on any atom is 0.261 e. The van der Waals surface area contributed by atoms with E-state index in [1.54, 1.807) is 0 Å². The van der Waals surface area contributed by atoms with Gasteiger partial charge in [0.25, 0.3) is 5.91 Å². The third-order valence-corrected chi connectivity index (χ3v) is 5.75. The number of hydrogen-bond acceptors (Lipinski definition) is 3. The van der Waals surface area contributed by atoms with Gasteiger partial charge in [0.15, 0.2) is 0 Å². The Morgan fingerprint density at radius 3 is 2.89 bits per heavy atom. The summed E-state index contributed by atoms with van der Waals surface area (Å²) in [5.41, 5.74) is 1.01. The molecule has 102 valence electrons. The third-order valence-electron chi connectivity index (χ3n) is 2.49. The Bertz CT molecular complexity index is 560. The fourth-order valence-corrected chi connectivity index (χ4v) is 3.53. The predicted molar refractivity (Wildman–Crippen MR) is 83.6 cm³/mol. The van der Waals surface area contributed by atoms with E-state index in [-0.39, 0.29) is 5.91 Å². The van der Waals surface area contributed by atoms with Gasteiger partial charge in [-0.2, -0.15) is 5.10 Å². The van der Waals surface area contributed by atoms with Gasteiger partial charge < -0.3 is 5.32 Å². The minimum Gasteiger partial charge on any atom is -0.351 e. The molecule has 1 amide bonds. The third kappa shape index (κ3) is 4.15. The molecule has 0 bridgehead atoms. The molecule has 0 aromatic carbocycles. The number of amides is 1. The summed E-state index contributed by atoms with van der Waals surface area (Å²) >= 11 is 8.17. The van der Waals surface area contributed by atoms with Gasteiger partial charge in [-0.05, 0) is 57.3 Å². The lowest BCUT2D eigenvalue weighted by Gasteiger charge is -2.03. The van der Waals surface area contributed by atoms with Gasteiger partial charge in [0, 0.05) is 23.8 Å². The van der Waals surface area contributed by atoms with Crippen molar-refractivity contribution in [1.29, 1.82) is 0 Å². The molecule has 7 heteroatoms. The minimum atomic E-state index is -0.0342. The lowest BCUT2D eigenvalue weighted by Crippen LogP contribution is -2.24. The van der Waals surface area contributed by atoms with Gasteiger partial charge in [-0.15, -0.1) is 11.3 Å². The van der Waals surface area contributed by atoms with Crippen molar-refractivity contribution in [3.63, 3.8) is 0 Å². The topological polar surface area (TPSA) is 46.9 Å². The zero-order chi connectivity index (χ0) is 13.8. The van der Waals surface area contributed by atoms with Crippen LogP contribution in [-0.4, -0.2) is 22.2 Å². The molecule has 2 aromatic rings. The average Bonchev–Trinajstić information content (AvgIpc) is 2.92. The monoisotopic (exact) mass is 405 g/mol. The van der Waals surface area contributed by atoms with Crippen LogP contribution in [0.15, 0.2) is 26.6 Å². The molecule has 0 spiro atoms. The number of carbonyl (C=O) groups excluding carboxylic acids is 1. The van der Waals surface area contributed by atoms with Gasteiger partial charge in [-0.25, -0.2) is 0 Å². The van der Waals surface area contributed by atoms with Gasteiger partial charge in [0.2, 0.25) is 0 Å². The zero-order valence-electron chi connectivity index (χ0n) is 10.3. The fraction of sp³-hybridized carbons (Fsp3) is 0.333. The number of aryl methyl sites for hydroxylation is 2. The van der Waals surface area contributed by atoms with E-state index in [9.17, 15) is 4.79 Å². The van der Waals surface area contributed by atoms with Crippen molar-refractivity contribution in [2.24, 2.45) is 0 Å². The molecule has 19 heavy (non-hydrogen) atoms. The second-order valence-electron chi connectivity index (χ2n) is 4.06. The first-order valence-electron chi connectivity index (χ1n) is 5.79. The molecule has 0 aliphatic rings. The lowest BCUT2D eigenvalue weighted by molar-refractivity contribution is 0.0956. The molecule has 0 fully saturated rings. The van der Waals surface area contributed by atoms with Crippen LogP contribution >= 0.6 is 43.2 Å². The van der Waals surface area contributed by atoms with E-state index < -0.39 is 0 Å². The molecule has 0 unspecified atom stereocenters. The van der Waals surface area contributed by atoms with Crippen LogP contribution in [0.3, 0.4) is 0 Å². The largest absolute Gasteiger partial charge is 0.351 e. The van der Waals surface area contributed by atoms with Crippen LogP contribution in [0.1, 0.15) is 21.8 Å². The van der Waals surface area contributed by atoms with Crippen LogP contribution in [0, 0.1) is 6.92 Å². The molecular formula is C12H13Br2N3OS. The molecule has 0 aliphatic heterocycles. The van der Waals surface area contributed by atoms with Crippen molar-refractivity contribution < 1.29 is 4.79 Å². The van der Waals surface area contributed by atoms with E-state index in [2.05, 4.69) is 42.3 Å². The van der Waals surface area contributed by atoms with E-state index in [0.717, 1.165) is 26.9 Å². The number of carbonyl (C=O) groups is 1. The highest BCUT2D eigenvalue weighted by Crippen LogP contribution is 2.32. The molecule has 0 saturated heterocycles. The second kappa shape index (κ2) is 6.67. The Labute approximate surface area is 132 Å². The fourth-order valence-electron chi connectivity index (χ4n) is 1.58. The number of aromatic nitrogens is 2. The summed E-state index contributed by atoms with van der Waals surface area (Å²) in [5.74, 6) is -0.0342. The summed E-state index contributed by atoms with van der Waals surface area (Å²) in [7, 11) is 0. The van der Waals surface area contributed by atoms with Gasteiger partial charge in [0.1, 0.15) is 0 Å². The number of thiophene rings is 1. The molecule has 4 nitrogen and oxygen atoms in total. The van der Waals surface area contributed by atoms with Gasteiger partial charge in [-0.1, -0.05) is 0 Å². The summed E-state index contributed by atoms with van der Waals surface area (Å²) in [6.45, 7) is 3.42. The highest BCUT2D eigenvalue weighted by molar-refractivity contribution is 9.13. The number of hydrogen-bond donors (Lipinski definition) is 1. The van der Waals surface area contributed by atoms with Crippen molar-refractivity contribution in [3.05, 3.63) is 37.2 Å². The maximum atomic E-state index is 11.9. The van der Waals surface area contributed by atoms with Crippen LogP contribution < -0.4 is 5.32 Å². The minimum absolute atomic E-state index is 0.0342. The summed E-state index contributed by atoms with van der Waals surface area (Å²) in [4.78, 5) is 12.6. The first kappa shape index (κ1) is 14.7. The van der Waals surface area contributed by atoms with E-state index in [4.69, 9.17) is 0 Å². The van der Waals surface area contributed by atoms with Crippen molar-refractivity contribution in [2.45, 2.75) is 19.9 Å². The van der Waals surface area contributed by atoms with E-state index in [0.29, 0.717) is 11.4 Å². The standard InChI is InChI=1S/C12H13Br2N3OS/c1-8-3-6-17(16-8)5-2-4-15-12(18)10-7-9(13)11(14)19-10/h3,6-7H,2,4-5H2,1H3,(H,15,18). The van der Waals surface area contributed by atoms with Gasteiger partial charge in [0.05, 0.1) is 14.4 Å². The van der Waals surface area contributed by atoms with E-state index in [1.165, 1.54) is 11.3 Å². The van der Waals surface area contributed by atoms with Crippen molar-refractivity contribution in [2.75, 3.05) is 6.54 Å². The zero-order valence-corrected chi connectivity index (χ0v) is 14.3. The van der Waals surface area contributed by atoms with E-state index >= 15 is 0 Å².